The third-order valence-electron chi connectivity index (χ3n) is 5.24. The van der Waals surface area contributed by atoms with Gasteiger partial charge < -0.3 is 5.11 Å². The number of hydrogen-bond acceptors (Lipinski definition) is 1. The third-order valence-corrected chi connectivity index (χ3v) is 5.24. The maximum Gasteiger partial charge on any atom is 0.141 e. The molecule has 0 saturated carbocycles. The van der Waals surface area contributed by atoms with Crippen LogP contribution in [0, 0.1) is 5.82 Å². The summed E-state index contributed by atoms with van der Waals surface area (Å²) in [7, 11) is 0. The summed E-state index contributed by atoms with van der Waals surface area (Å²) in [4.78, 5) is 0. The molecule has 3 aromatic rings. The lowest BCUT2D eigenvalue weighted by Gasteiger charge is -2.44. The number of aliphatic hydroxyl groups is 1. The van der Waals surface area contributed by atoms with Crippen LogP contribution < -0.4 is 0 Å². The van der Waals surface area contributed by atoms with Gasteiger partial charge in [0, 0.05) is 5.41 Å². The van der Waals surface area contributed by atoms with Crippen LogP contribution in [0.4, 0.5) is 4.39 Å². The van der Waals surface area contributed by atoms with Gasteiger partial charge in [0.1, 0.15) is 11.4 Å². The van der Waals surface area contributed by atoms with Crippen molar-refractivity contribution in [2.75, 3.05) is 0 Å². The molecule has 3 aromatic carbocycles. The topological polar surface area (TPSA) is 20.2 Å². The van der Waals surface area contributed by atoms with Gasteiger partial charge in [-0.25, -0.2) is 4.39 Å². The Morgan fingerprint density at radius 1 is 0.667 bits per heavy atom. The van der Waals surface area contributed by atoms with Gasteiger partial charge in [-0.05, 0) is 39.9 Å². The Kier molecular flexibility index (Phi) is 3.16. The first-order valence-electron chi connectivity index (χ1n) is 8.14. The highest BCUT2D eigenvalue weighted by atomic mass is 19.1. The number of fused-ring (bicyclic) bond motifs is 2. The van der Waals surface area contributed by atoms with E-state index in [2.05, 4.69) is 26.0 Å². The fourth-order valence-electron chi connectivity index (χ4n) is 3.98. The van der Waals surface area contributed by atoms with Crippen molar-refractivity contribution in [2.24, 2.45) is 0 Å². The van der Waals surface area contributed by atoms with Gasteiger partial charge in [0.2, 0.25) is 0 Å². The lowest BCUT2D eigenvalue weighted by Crippen LogP contribution is -2.40. The lowest BCUT2D eigenvalue weighted by atomic mass is 9.62. The monoisotopic (exact) mass is 318 g/mol. The quantitative estimate of drug-likeness (QED) is 0.686. The molecule has 1 N–H and O–H groups in total. The number of halogens is 1. The van der Waals surface area contributed by atoms with Crippen molar-refractivity contribution < 1.29 is 9.50 Å². The fourth-order valence-corrected chi connectivity index (χ4v) is 3.98. The van der Waals surface area contributed by atoms with Crippen LogP contribution >= 0.6 is 0 Å². The van der Waals surface area contributed by atoms with Crippen molar-refractivity contribution in [1.82, 2.24) is 0 Å². The summed E-state index contributed by atoms with van der Waals surface area (Å²) in [5.41, 5.74) is 3.10. The van der Waals surface area contributed by atoms with E-state index in [-0.39, 0.29) is 11.2 Å². The maximum absolute atomic E-state index is 13.4. The normalized spacial score (nSPS) is 17.0. The van der Waals surface area contributed by atoms with Crippen molar-refractivity contribution in [1.29, 1.82) is 0 Å². The average Bonchev–Trinajstić information content (AvgIpc) is 2.61. The van der Waals surface area contributed by atoms with E-state index in [9.17, 15) is 9.50 Å². The average molecular weight is 318 g/mol. The van der Waals surface area contributed by atoms with Crippen LogP contribution in [-0.2, 0) is 11.0 Å². The smallest absolute Gasteiger partial charge is 0.141 e. The zero-order chi connectivity index (χ0) is 16.9. The van der Waals surface area contributed by atoms with E-state index in [0.29, 0.717) is 5.56 Å². The Hall–Kier alpha value is -2.45. The van der Waals surface area contributed by atoms with Crippen molar-refractivity contribution in [2.45, 2.75) is 24.9 Å². The van der Waals surface area contributed by atoms with E-state index in [4.69, 9.17) is 0 Å². The first kappa shape index (κ1) is 15.1. The SMILES string of the molecule is CC1(C)c2ccccc2C(O)(c2ccc(F)cc2)c2ccccc21. The van der Waals surface area contributed by atoms with Gasteiger partial charge in [0.05, 0.1) is 0 Å². The van der Waals surface area contributed by atoms with Crippen molar-refractivity contribution in [3.05, 3.63) is 106 Å². The first-order chi connectivity index (χ1) is 11.5. The van der Waals surface area contributed by atoms with Crippen LogP contribution in [0.25, 0.3) is 0 Å². The molecule has 4 rings (SSSR count). The molecule has 0 bridgehead atoms. The molecule has 0 saturated heterocycles. The summed E-state index contributed by atoms with van der Waals surface area (Å²) < 4.78 is 13.4. The Labute approximate surface area is 141 Å². The highest BCUT2D eigenvalue weighted by molar-refractivity contribution is 5.61. The zero-order valence-electron chi connectivity index (χ0n) is 13.8. The molecule has 0 spiro atoms. The summed E-state index contributed by atoms with van der Waals surface area (Å²) in [6.07, 6.45) is 0. The molecule has 0 fully saturated rings. The third kappa shape index (κ3) is 1.90. The van der Waals surface area contributed by atoms with Crippen LogP contribution in [0.1, 0.15) is 41.7 Å². The van der Waals surface area contributed by atoms with E-state index in [1.807, 2.05) is 36.4 Å². The fraction of sp³-hybridized carbons (Fsp3) is 0.182. The Bertz CT molecular complexity index is 860. The van der Waals surface area contributed by atoms with E-state index >= 15 is 0 Å². The molecular weight excluding hydrogens is 299 g/mol. The zero-order valence-corrected chi connectivity index (χ0v) is 13.8. The van der Waals surface area contributed by atoms with Crippen molar-refractivity contribution in [3.63, 3.8) is 0 Å². The van der Waals surface area contributed by atoms with Gasteiger partial charge in [-0.1, -0.05) is 74.5 Å². The Morgan fingerprint density at radius 3 is 1.54 bits per heavy atom. The van der Waals surface area contributed by atoms with E-state index < -0.39 is 5.60 Å². The van der Waals surface area contributed by atoms with E-state index in [1.54, 1.807) is 12.1 Å². The molecule has 0 unspecified atom stereocenters. The highest BCUT2D eigenvalue weighted by Gasteiger charge is 2.46. The number of benzene rings is 3. The standard InChI is InChI=1S/C22H19FO/c1-21(2)17-7-3-5-9-19(17)22(24,15-11-13-16(23)14-12-15)20-10-6-4-8-18(20)21/h3-14,24H,1-2H3. The predicted molar refractivity (Wildman–Crippen MR) is 93.5 cm³/mol. The molecule has 0 aliphatic heterocycles. The molecule has 0 amide bonds. The lowest BCUT2D eigenvalue weighted by molar-refractivity contribution is 0.117. The summed E-state index contributed by atoms with van der Waals surface area (Å²) in [6, 6.07) is 22.1. The number of rotatable bonds is 1. The molecule has 1 aliphatic rings. The predicted octanol–water partition coefficient (Wildman–Crippen LogP) is 4.75. The molecule has 120 valence electrons. The molecule has 2 heteroatoms. The molecule has 24 heavy (non-hydrogen) atoms. The second kappa shape index (κ2) is 5.02. The molecule has 0 aromatic heterocycles. The van der Waals surface area contributed by atoms with Gasteiger partial charge in [-0.15, -0.1) is 0 Å². The Morgan fingerprint density at radius 2 is 1.08 bits per heavy atom. The van der Waals surface area contributed by atoms with Crippen LogP contribution in [0.3, 0.4) is 0 Å². The summed E-state index contributed by atoms with van der Waals surface area (Å²) >= 11 is 0. The maximum atomic E-state index is 13.4. The van der Waals surface area contributed by atoms with Crippen LogP contribution in [0.15, 0.2) is 72.8 Å². The Balaban J connectivity index is 2.10. The van der Waals surface area contributed by atoms with Gasteiger partial charge >= 0.3 is 0 Å². The first-order valence-corrected chi connectivity index (χ1v) is 8.14. The molecule has 0 radical (unpaired) electrons. The van der Waals surface area contributed by atoms with Crippen molar-refractivity contribution >= 4 is 0 Å². The molecule has 1 aliphatic carbocycles. The molecule has 0 atom stereocenters. The number of hydrogen-bond donors (Lipinski definition) is 1. The van der Waals surface area contributed by atoms with Crippen LogP contribution in [0.2, 0.25) is 0 Å². The highest BCUT2D eigenvalue weighted by Crippen LogP contribution is 2.51. The summed E-state index contributed by atoms with van der Waals surface area (Å²) in [6.45, 7) is 4.35. The van der Waals surface area contributed by atoms with Crippen LogP contribution in [-0.4, -0.2) is 5.11 Å². The second-order valence-electron chi connectivity index (χ2n) is 6.93. The summed E-state index contributed by atoms with van der Waals surface area (Å²) in [5.74, 6) is -0.306. The van der Waals surface area contributed by atoms with Crippen LogP contribution in [0.5, 0.6) is 0 Å². The minimum Gasteiger partial charge on any atom is -0.376 e. The molecule has 0 heterocycles. The largest absolute Gasteiger partial charge is 0.376 e. The van der Waals surface area contributed by atoms with Gasteiger partial charge in [0.25, 0.3) is 0 Å². The van der Waals surface area contributed by atoms with Crippen molar-refractivity contribution in [3.8, 4) is 0 Å². The van der Waals surface area contributed by atoms with Gasteiger partial charge in [0.15, 0.2) is 0 Å². The minimum absolute atomic E-state index is 0.209. The molecular formula is C22H19FO. The van der Waals surface area contributed by atoms with Gasteiger partial charge in [-0.2, -0.15) is 0 Å². The second-order valence-corrected chi connectivity index (χ2v) is 6.93. The van der Waals surface area contributed by atoms with Gasteiger partial charge in [-0.3, -0.25) is 0 Å². The minimum atomic E-state index is -1.28. The van der Waals surface area contributed by atoms with E-state index in [0.717, 1.165) is 22.3 Å². The summed E-state index contributed by atoms with van der Waals surface area (Å²) in [5, 5.41) is 11.8. The molecule has 1 nitrogen and oxygen atoms in total. The van der Waals surface area contributed by atoms with E-state index in [1.165, 1.54) is 12.1 Å².